The summed E-state index contributed by atoms with van der Waals surface area (Å²) >= 11 is 1.50. The van der Waals surface area contributed by atoms with E-state index in [0.717, 1.165) is 24.4 Å². The van der Waals surface area contributed by atoms with E-state index >= 15 is 0 Å². The molecule has 1 saturated heterocycles. The average molecular weight is 279 g/mol. The van der Waals surface area contributed by atoms with Crippen molar-refractivity contribution in [3.05, 3.63) is 41.8 Å². The molecule has 0 radical (unpaired) electrons. The van der Waals surface area contributed by atoms with Crippen LogP contribution in [-0.4, -0.2) is 23.2 Å². The summed E-state index contributed by atoms with van der Waals surface area (Å²) < 4.78 is 18.3. The number of nitrogens with one attached hydrogen (secondary N) is 1. The van der Waals surface area contributed by atoms with Crippen molar-refractivity contribution in [2.24, 2.45) is 0 Å². The monoisotopic (exact) mass is 279 g/mol. The standard InChI is InChI=1S/C13H14FN3OS/c14-10-2-1-3-11(6-10)19-8-12-16-13(18-17-12)9-4-5-15-7-9/h1-3,6,9,15H,4-5,7-8H2. The van der Waals surface area contributed by atoms with E-state index in [1.54, 1.807) is 6.07 Å². The maximum absolute atomic E-state index is 13.0. The van der Waals surface area contributed by atoms with Crippen molar-refractivity contribution in [3.63, 3.8) is 0 Å². The van der Waals surface area contributed by atoms with Crippen LogP contribution < -0.4 is 5.32 Å². The molecule has 1 fully saturated rings. The van der Waals surface area contributed by atoms with Crippen LogP contribution in [-0.2, 0) is 5.75 Å². The van der Waals surface area contributed by atoms with E-state index in [2.05, 4.69) is 15.5 Å². The predicted molar refractivity (Wildman–Crippen MR) is 70.5 cm³/mol. The summed E-state index contributed by atoms with van der Waals surface area (Å²) in [6.07, 6.45) is 1.04. The predicted octanol–water partition coefficient (Wildman–Crippen LogP) is 2.58. The molecule has 1 atom stereocenters. The molecular weight excluding hydrogens is 265 g/mol. The van der Waals surface area contributed by atoms with E-state index in [0.29, 0.717) is 23.4 Å². The van der Waals surface area contributed by atoms with Crippen molar-refractivity contribution in [1.29, 1.82) is 0 Å². The lowest BCUT2D eigenvalue weighted by Crippen LogP contribution is -2.08. The second-order valence-electron chi connectivity index (χ2n) is 4.48. The highest BCUT2D eigenvalue weighted by atomic mass is 32.2. The third kappa shape index (κ3) is 3.13. The molecule has 0 aliphatic carbocycles. The van der Waals surface area contributed by atoms with Gasteiger partial charge in [0.25, 0.3) is 0 Å². The van der Waals surface area contributed by atoms with Gasteiger partial charge in [-0.3, -0.25) is 0 Å². The van der Waals surface area contributed by atoms with E-state index in [-0.39, 0.29) is 5.82 Å². The van der Waals surface area contributed by atoms with Crippen molar-refractivity contribution in [1.82, 2.24) is 15.5 Å². The fourth-order valence-corrected chi connectivity index (χ4v) is 2.85. The van der Waals surface area contributed by atoms with Gasteiger partial charge in [-0.1, -0.05) is 11.2 Å². The summed E-state index contributed by atoms with van der Waals surface area (Å²) in [7, 11) is 0. The van der Waals surface area contributed by atoms with Crippen LogP contribution in [0.25, 0.3) is 0 Å². The molecule has 3 rings (SSSR count). The van der Waals surface area contributed by atoms with Crippen molar-refractivity contribution in [2.45, 2.75) is 23.0 Å². The van der Waals surface area contributed by atoms with Gasteiger partial charge in [-0.2, -0.15) is 4.98 Å². The Balaban J connectivity index is 1.61. The molecular formula is C13H14FN3OS. The molecule has 2 aromatic rings. The first-order valence-corrected chi connectivity index (χ1v) is 7.21. The van der Waals surface area contributed by atoms with Crippen molar-refractivity contribution < 1.29 is 8.91 Å². The maximum Gasteiger partial charge on any atom is 0.231 e. The smallest absolute Gasteiger partial charge is 0.231 e. The van der Waals surface area contributed by atoms with Crippen LogP contribution in [0, 0.1) is 5.82 Å². The Morgan fingerprint density at radius 1 is 1.47 bits per heavy atom. The summed E-state index contributed by atoms with van der Waals surface area (Å²) in [5, 5.41) is 7.24. The van der Waals surface area contributed by atoms with Crippen LogP contribution in [0.1, 0.15) is 24.1 Å². The summed E-state index contributed by atoms with van der Waals surface area (Å²) in [5.74, 6) is 2.07. The number of rotatable bonds is 4. The van der Waals surface area contributed by atoms with E-state index in [1.165, 1.54) is 23.9 Å². The van der Waals surface area contributed by atoms with Crippen LogP contribution in [0.15, 0.2) is 33.7 Å². The number of aromatic nitrogens is 2. The summed E-state index contributed by atoms with van der Waals surface area (Å²) in [6.45, 7) is 1.90. The highest BCUT2D eigenvalue weighted by Gasteiger charge is 2.22. The van der Waals surface area contributed by atoms with Gasteiger partial charge in [-0.05, 0) is 31.2 Å². The van der Waals surface area contributed by atoms with Gasteiger partial charge in [-0.15, -0.1) is 11.8 Å². The zero-order valence-corrected chi connectivity index (χ0v) is 11.1. The van der Waals surface area contributed by atoms with Crippen molar-refractivity contribution in [3.8, 4) is 0 Å². The first-order chi connectivity index (χ1) is 9.31. The number of benzene rings is 1. The number of hydrogen-bond donors (Lipinski definition) is 1. The molecule has 0 spiro atoms. The van der Waals surface area contributed by atoms with Crippen molar-refractivity contribution >= 4 is 11.8 Å². The molecule has 6 heteroatoms. The topological polar surface area (TPSA) is 51.0 Å². The Labute approximate surface area is 114 Å². The van der Waals surface area contributed by atoms with Crippen LogP contribution in [0.3, 0.4) is 0 Å². The fraction of sp³-hybridized carbons (Fsp3) is 0.385. The summed E-state index contributed by atoms with van der Waals surface area (Å²) in [4.78, 5) is 5.27. The highest BCUT2D eigenvalue weighted by Crippen LogP contribution is 2.24. The molecule has 19 heavy (non-hydrogen) atoms. The third-order valence-corrected chi connectivity index (χ3v) is 4.05. The van der Waals surface area contributed by atoms with Crippen LogP contribution in [0.2, 0.25) is 0 Å². The molecule has 1 aromatic carbocycles. The van der Waals surface area contributed by atoms with Gasteiger partial charge in [0.05, 0.1) is 11.7 Å². The van der Waals surface area contributed by atoms with Gasteiger partial charge in [0.15, 0.2) is 5.82 Å². The van der Waals surface area contributed by atoms with Gasteiger partial charge in [-0.25, -0.2) is 4.39 Å². The highest BCUT2D eigenvalue weighted by molar-refractivity contribution is 7.98. The first-order valence-electron chi connectivity index (χ1n) is 6.23. The average Bonchev–Trinajstić information content (AvgIpc) is 3.07. The number of halogens is 1. The summed E-state index contributed by atoms with van der Waals surface area (Å²) in [5.41, 5.74) is 0. The van der Waals surface area contributed by atoms with Crippen LogP contribution in [0.5, 0.6) is 0 Å². The number of nitrogens with zero attached hydrogens (tertiary/aromatic N) is 2. The molecule has 1 aromatic heterocycles. The number of hydrogen-bond acceptors (Lipinski definition) is 5. The lowest BCUT2D eigenvalue weighted by Gasteiger charge is -1.99. The molecule has 0 bridgehead atoms. The molecule has 1 aliphatic rings. The molecule has 4 nitrogen and oxygen atoms in total. The first kappa shape index (κ1) is 12.6. The van der Waals surface area contributed by atoms with Gasteiger partial charge in [0, 0.05) is 11.4 Å². The van der Waals surface area contributed by atoms with Gasteiger partial charge >= 0.3 is 0 Å². The molecule has 0 saturated carbocycles. The Kier molecular flexibility index (Phi) is 3.79. The maximum atomic E-state index is 13.0. The van der Waals surface area contributed by atoms with Gasteiger partial charge in [0.1, 0.15) is 5.82 Å². The Morgan fingerprint density at radius 3 is 3.21 bits per heavy atom. The second-order valence-corrected chi connectivity index (χ2v) is 5.53. The van der Waals surface area contributed by atoms with E-state index in [1.807, 2.05) is 6.07 Å². The Morgan fingerprint density at radius 2 is 2.42 bits per heavy atom. The van der Waals surface area contributed by atoms with Gasteiger partial charge < -0.3 is 9.84 Å². The van der Waals surface area contributed by atoms with Crippen LogP contribution in [0.4, 0.5) is 4.39 Å². The minimum Gasteiger partial charge on any atom is -0.339 e. The quantitative estimate of drug-likeness (QED) is 0.872. The van der Waals surface area contributed by atoms with E-state index in [4.69, 9.17) is 4.52 Å². The SMILES string of the molecule is Fc1cccc(SCc2noc(C3CCNC3)n2)c1. The normalized spacial score (nSPS) is 18.9. The second kappa shape index (κ2) is 5.71. The third-order valence-electron chi connectivity index (χ3n) is 3.06. The Hall–Kier alpha value is -1.40. The Bertz CT molecular complexity index is 554. The van der Waals surface area contributed by atoms with Crippen molar-refractivity contribution in [2.75, 3.05) is 13.1 Å². The molecule has 1 aliphatic heterocycles. The molecule has 1 N–H and O–H groups in total. The molecule has 0 amide bonds. The fourth-order valence-electron chi connectivity index (χ4n) is 2.06. The zero-order chi connectivity index (χ0) is 13.1. The van der Waals surface area contributed by atoms with E-state index < -0.39 is 0 Å². The van der Waals surface area contributed by atoms with Gasteiger partial charge in [0.2, 0.25) is 5.89 Å². The molecule has 100 valence electrons. The lowest BCUT2D eigenvalue weighted by atomic mass is 10.1. The minimum atomic E-state index is -0.226. The number of thioether (sulfide) groups is 1. The van der Waals surface area contributed by atoms with E-state index in [9.17, 15) is 4.39 Å². The zero-order valence-electron chi connectivity index (χ0n) is 10.3. The lowest BCUT2D eigenvalue weighted by molar-refractivity contribution is 0.355. The van der Waals surface area contributed by atoms with Crippen LogP contribution >= 0.6 is 11.8 Å². The minimum absolute atomic E-state index is 0.226. The molecule has 2 heterocycles. The molecule has 1 unspecified atom stereocenters. The summed E-state index contributed by atoms with van der Waals surface area (Å²) in [6, 6.07) is 6.51. The largest absolute Gasteiger partial charge is 0.339 e.